The molecule has 0 unspecified atom stereocenters. The van der Waals surface area contributed by atoms with E-state index in [-0.39, 0.29) is 24.5 Å². The molecule has 112 valence electrons. The van der Waals surface area contributed by atoms with Gasteiger partial charge in [-0.25, -0.2) is 14.6 Å². The average Bonchev–Trinajstić information content (AvgIpc) is 2.45. The molecule has 0 aliphatic carbocycles. The van der Waals surface area contributed by atoms with Gasteiger partial charge in [0.25, 0.3) is 5.69 Å². The lowest BCUT2D eigenvalue weighted by Crippen LogP contribution is -2.07. The molecule has 0 aromatic carbocycles. The maximum atomic E-state index is 11.5. The maximum absolute atomic E-state index is 11.5. The summed E-state index contributed by atoms with van der Waals surface area (Å²) in [5.41, 5.74) is -0.487. The van der Waals surface area contributed by atoms with E-state index in [1.807, 2.05) is 0 Å². The molecule has 0 fully saturated rings. The Morgan fingerprint density at radius 2 is 2.00 bits per heavy atom. The first-order valence-corrected chi connectivity index (χ1v) is 6.16. The van der Waals surface area contributed by atoms with Gasteiger partial charge in [0, 0.05) is 18.3 Å². The molecule has 0 saturated heterocycles. The van der Waals surface area contributed by atoms with E-state index in [2.05, 4.69) is 9.72 Å². The molecule has 0 spiro atoms. The molecule has 0 saturated carbocycles. The quantitative estimate of drug-likeness (QED) is 0.340. The second kappa shape index (κ2) is 7.73. The summed E-state index contributed by atoms with van der Waals surface area (Å²) in [5, 5.41) is 11.0. The van der Waals surface area contributed by atoms with Gasteiger partial charge < -0.3 is 9.47 Å². The van der Waals surface area contributed by atoms with Crippen molar-refractivity contribution in [2.24, 2.45) is 0 Å². The van der Waals surface area contributed by atoms with Crippen LogP contribution in [0.4, 0.5) is 5.69 Å². The number of aromatic nitrogens is 1. The monoisotopic (exact) mass is 294 g/mol. The molecule has 0 atom stereocenters. The topological polar surface area (TPSA) is 109 Å². The summed E-state index contributed by atoms with van der Waals surface area (Å²) in [5.74, 6) is -1.34. The van der Waals surface area contributed by atoms with Crippen LogP contribution in [0, 0.1) is 10.1 Å². The number of pyridine rings is 1. The van der Waals surface area contributed by atoms with E-state index < -0.39 is 22.5 Å². The second-order valence-electron chi connectivity index (χ2n) is 3.69. The highest BCUT2D eigenvalue weighted by Crippen LogP contribution is 2.19. The Hall–Kier alpha value is -2.77. The largest absolute Gasteiger partial charge is 0.463 e. The van der Waals surface area contributed by atoms with E-state index in [0.29, 0.717) is 0 Å². The lowest BCUT2D eigenvalue weighted by atomic mass is 10.2. The molecule has 1 aromatic heterocycles. The summed E-state index contributed by atoms with van der Waals surface area (Å²) in [4.78, 5) is 36.8. The molecule has 8 nitrogen and oxygen atoms in total. The highest BCUT2D eigenvalue weighted by Gasteiger charge is 2.18. The van der Waals surface area contributed by atoms with Crippen LogP contribution in [-0.2, 0) is 14.3 Å². The lowest BCUT2D eigenvalue weighted by Gasteiger charge is -2.02. The minimum absolute atomic E-state index is 0.0307. The molecule has 0 N–H and O–H groups in total. The van der Waals surface area contributed by atoms with E-state index in [1.54, 1.807) is 13.8 Å². The van der Waals surface area contributed by atoms with E-state index >= 15 is 0 Å². The molecule has 1 rings (SSSR count). The molecular formula is C13H14N2O6. The minimum atomic E-state index is -0.700. The summed E-state index contributed by atoms with van der Waals surface area (Å²) in [6.07, 6.45) is 3.34. The number of rotatable bonds is 6. The Morgan fingerprint density at radius 3 is 2.57 bits per heavy atom. The van der Waals surface area contributed by atoms with Crippen LogP contribution in [0.1, 0.15) is 29.9 Å². The second-order valence-corrected chi connectivity index (χ2v) is 3.69. The number of ether oxygens (including phenoxy) is 2. The van der Waals surface area contributed by atoms with Gasteiger partial charge in [0.05, 0.1) is 23.7 Å². The van der Waals surface area contributed by atoms with Crippen molar-refractivity contribution in [3.63, 3.8) is 0 Å². The standard InChI is InChI=1S/C13H14N2O6/c1-3-20-12(16)6-5-10-11(15(18)19)7-9(8-14-10)13(17)21-4-2/h5-8H,3-4H2,1-2H3/b6-5+. The van der Waals surface area contributed by atoms with Crippen LogP contribution in [0.2, 0.25) is 0 Å². The first-order valence-electron chi connectivity index (χ1n) is 6.16. The molecule has 1 aromatic rings. The molecular weight excluding hydrogens is 280 g/mol. The van der Waals surface area contributed by atoms with Gasteiger partial charge in [-0.3, -0.25) is 10.1 Å². The lowest BCUT2D eigenvalue weighted by molar-refractivity contribution is -0.385. The predicted molar refractivity (Wildman–Crippen MR) is 72.5 cm³/mol. The zero-order chi connectivity index (χ0) is 15.8. The van der Waals surface area contributed by atoms with Gasteiger partial charge in [-0.05, 0) is 19.9 Å². The first kappa shape index (κ1) is 16.3. The van der Waals surface area contributed by atoms with Crippen LogP contribution in [-0.4, -0.2) is 35.1 Å². The summed E-state index contributed by atoms with van der Waals surface area (Å²) in [7, 11) is 0. The van der Waals surface area contributed by atoms with Crippen LogP contribution >= 0.6 is 0 Å². The molecule has 21 heavy (non-hydrogen) atoms. The third-order valence-corrected chi connectivity index (χ3v) is 2.27. The molecule has 0 radical (unpaired) electrons. The Kier molecular flexibility index (Phi) is 5.99. The number of carbonyl (C=O) groups excluding carboxylic acids is 2. The molecule has 0 amide bonds. The molecule has 0 aliphatic heterocycles. The van der Waals surface area contributed by atoms with E-state index in [9.17, 15) is 19.7 Å². The molecule has 8 heteroatoms. The van der Waals surface area contributed by atoms with Gasteiger partial charge in [-0.1, -0.05) is 0 Å². The van der Waals surface area contributed by atoms with Crippen molar-refractivity contribution in [2.75, 3.05) is 13.2 Å². The average molecular weight is 294 g/mol. The number of carbonyl (C=O) groups is 2. The van der Waals surface area contributed by atoms with Crippen LogP contribution in [0.25, 0.3) is 6.08 Å². The van der Waals surface area contributed by atoms with E-state index in [4.69, 9.17) is 4.74 Å². The van der Waals surface area contributed by atoms with Gasteiger partial charge in [-0.15, -0.1) is 0 Å². The van der Waals surface area contributed by atoms with Crippen molar-refractivity contribution < 1.29 is 24.0 Å². The zero-order valence-electron chi connectivity index (χ0n) is 11.6. The van der Waals surface area contributed by atoms with Crippen LogP contribution in [0.5, 0.6) is 0 Å². The fourth-order valence-electron chi connectivity index (χ4n) is 1.40. The van der Waals surface area contributed by atoms with Crippen molar-refractivity contribution >= 4 is 23.7 Å². The van der Waals surface area contributed by atoms with Crippen molar-refractivity contribution in [1.82, 2.24) is 4.98 Å². The van der Waals surface area contributed by atoms with Gasteiger partial charge in [0.1, 0.15) is 5.69 Å². The Balaban J connectivity index is 3.08. The van der Waals surface area contributed by atoms with Crippen molar-refractivity contribution in [1.29, 1.82) is 0 Å². The van der Waals surface area contributed by atoms with Crippen LogP contribution in [0.15, 0.2) is 18.3 Å². The number of hydrogen-bond acceptors (Lipinski definition) is 7. The van der Waals surface area contributed by atoms with Crippen molar-refractivity contribution in [3.8, 4) is 0 Å². The van der Waals surface area contributed by atoms with E-state index in [0.717, 1.165) is 24.4 Å². The SMILES string of the molecule is CCOC(=O)/C=C/c1ncc(C(=O)OCC)cc1[N+](=O)[O-]. The number of nitrogens with zero attached hydrogens (tertiary/aromatic N) is 2. The Morgan fingerprint density at radius 1 is 1.33 bits per heavy atom. The van der Waals surface area contributed by atoms with Gasteiger partial charge in [0.2, 0.25) is 0 Å². The highest BCUT2D eigenvalue weighted by molar-refractivity contribution is 5.91. The van der Waals surface area contributed by atoms with Crippen molar-refractivity contribution in [2.45, 2.75) is 13.8 Å². The smallest absolute Gasteiger partial charge is 0.339 e. The normalized spacial score (nSPS) is 10.4. The van der Waals surface area contributed by atoms with Gasteiger partial charge in [-0.2, -0.15) is 0 Å². The van der Waals surface area contributed by atoms with Gasteiger partial charge >= 0.3 is 11.9 Å². The third kappa shape index (κ3) is 4.68. The minimum Gasteiger partial charge on any atom is -0.463 e. The summed E-state index contributed by atoms with van der Waals surface area (Å²) in [6.45, 7) is 3.61. The van der Waals surface area contributed by atoms with Crippen LogP contribution < -0.4 is 0 Å². The highest BCUT2D eigenvalue weighted by atomic mass is 16.6. The Bertz CT molecular complexity index is 582. The number of hydrogen-bond donors (Lipinski definition) is 0. The molecule has 0 bridgehead atoms. The van der Waals surface area contributed by atoms with Gasteiger partial charge in [0.15, 0.2) is 0 Å². The fraction of sp³-hybridized carbons (Fsp3) is 0.308. The number of nitro groups is 1. The first-order chi connectivity index (χ1) is 9.99. The third-order valence-electron chi connectivity index (χ3n) is 2.27. The molecule has 1 heterocycles. The number of esters is 2. The Labute approximate surface area is 120 Å². The maximum Gasteiger partial charge on any atom is 0.339 e. The fourth-order valence-corrected chi connectivity index (χ4v) is 1.40. The summed E-state index contributed by atoms with van der Waals surface area (Å²) in [6, 6.07) is 1.05. The molecule has 0 aliphatic rings. The predicted octanol–water partition coefficient (Wildman–Crippen LogP) is 1.74. The van der Waals surface area contributed by atoms with Crippen LogP contribution in [0.3, 0.4) is 0 Å². The van der Waals surface area contributed by atoms with Crippen molar-refractivity contribution in [3.05, 3.63) is 39.7 Å². The zero-order valence-corrected chi connectivity index (χ0v) is 11.6. The summed E-state index contributed by atoms with van der Waals surface area (Å²) >= 11 is 0. The summed E-state index contributed by atoms with van der Waals surface area (Å²) < 4.78 is 9.40. The van der Waals surface area contributed by atoms with E-state index in [1.165, 1.54) is 0 Å².